The number of amides is 1. The zero-order valence-electron chi connectivity index (χ0n) is 19.5. The molecule has 9 heteroatoms. The second kappa shape index (κ2) is 11.2. The second-order valence-corrected chi connectivity index (χ2v) is 10.2. The SMILES string of the molecule is C[C@@H](Sc1nnc(CNc2cccc3ccccc23)n1-c1ccccc1)C(=O)N/N=C\c1cccs1. The molecule has 1 amide bonds. The lowest BCUT2D eigenvalue weighted by Crippen LogP contribution is -2.27. The van der Waals surface area contributed by atoms with Crippen molar-refractivity contribution in [3.8, 4) is 5.69 Å². The van der Waals surface area contributed by atoms with Crippen LogP contribution < -0.4 is 10.7 Å². The highest BCUT2D eigenvalue weighted by Crippen LogP contribution is 2.27. The summed E-state index contributed by atoms with van der Waals surface area (Å²) in [6, 6.07) is 28.3. The Labute approximate surface area is 217 Å². The molecule has 5 aromatic rings. The van der Waals surface area contributed by atoms with Crippen LogP contribution in [0.15, 0.2) is 101 Å². The molecule has 2 N–H and O–H groups in total. The Balaban J connectivity index is 1.35. The fourth-order valence-electron chi connectivity index (χ4n) is 3.71. The number of aromatic nitrogens is 3. The van der Waals surface area contributed by atoms with Crippen molar-refractivity contribution in [1.29, 1.82) is 0 Å². The van der Waals surface area contributed by atoms with E-state index in [1.807, 2.05) is 77.5 Å². The van der Waals surface area contributed by atoms with Crippen molar-refractivity contribution in [2.75, 3.05) is 5.32 Å². The summed E-state index contributed by atoms with van der Waals surface area (Å²) in [5.41, 5.74) is 4.58. The van der Waals surface area contributed by atoms with Gasteiger partial charge >= 0.3 is 0 Å². The number of carbonyl (C=O) groups excluding carboxylic acids is 1. The molecular weight excluding hydrogens is 488 g/mol. The van der Waals surface area contributed by atoms with Gasteiger partial charge in [0.1, 0.15) is 0 Å². The van der Waals surface area contributed by atoms with Crippen molar-refractivity contribution in [2.24, 2.45) is 5.10 Å². The van der Waals surface area contributed by atoms with Gasteiger partial charge in [-0.25, -0.2) is 5.43 Å². The Morgan fingerprint density at radius 3 is 2.67 bits per heavy atom. The Bertz CT molecular complexity index is 1480. The summed E-state index contributed by atoms with van der Waals surface area (Å²) in [5, 5.41) is 21.0. The molecule has 180 valence electrons. The average Bonchev–Trinajstić information content (AvgIpc) is 3.58. The third-order valence-electron chi connectivity index (χ3n) is 5.50. The maximum absolute atomic E-state index is 12.7. The number of rotatable bonds is 9. The first-order valence-corrected chi connectivity index (χ1v) is 13.2. The van der Waals surface area contributed by atoms with Crippen molar-refractivity contribution in [1.82, 2.24) is 20.2 Å². The molecule has 3 aromatic carbocycles. The van der Waals surface area contributed by atoms with Crippen LogP contribution in [-0.2, 0) is 11.3 Å². The van der Waals surface area contributed by atoms with Gasteiger partial charge in [0.15, 0.2) is 11.0 Å². The van der Waals surface area contributed by atoms with Crippen LogP contribution in [0.1, 0.15) is 17.6 Å². The average molecular weight is 513 g/mol. The lowest BCUT2D eigenvalue weighted by molar-refractivity contribution is -0.120. The van der Waals surface area contributed by atoms with Crippen LogP contribution >= 0.6 is 23.1 Å². The topological polar surface area (TPSA) is 84.2 Å². The van der Waals surface area contributed by atoms with E-state index in [0.717, 1.165) is 27.5 Å². The number of anilines is 1. The number of carbonyl (C=O) groups is 1. The molecule has 0 radical (unpaired) electrons. The van der Waals surface area contributed by atoms with Gasteiger partial charge in [0.2, 0.25) is 0 Å². The Kier molecular flexibility index (Phi) is 7.39. The van der Waals surface area contributed by atoms with Crippen molar-refractivity contribution in [2.45, 2.75) is 23.9 Å². The third kappa shape index (κ3) is 5.48. The molecule has 0 fully saturated rings. The molecular formula is C27H24N6OS2. The molecule has 2 heterocycles. The number of nitrogens with zero attached hydrogens (tertiary/aromatic N) is 4. The quantitative estimate of drug-likeness (QED) is 0.150. The summed E-state index contributed by atoms with van der Waals surface area (Å²) in [5.74, 6) is 0.547. The minimum Gasteiger partial charge on any atom is -0.377 e. The number of nitrogens with one attached hydrogen (secondary N) is 2. The van der Waals surface area contributed by atoms with E-state index >= 15 is 0 Å². The maximum atomic E-state index is 12.7. The lowest BCUT2D eigenvalue weighted by atomic mass is 10.1. The number of para-hydroxylation sites is 1. The highest BCUT2D eigenvalue weighted by molar-refractivity contribution is 8.00. The number of hydrogen-bond acceptors (Lipinski definition) is 7. The number of thioether (sulfide) groups is 1. The van der Waals surface area contributed by atoms with Gasteiger partial charge in [0.05, 0.1) is 18.0 Å². The predicted octanol–water partition coefficient (Wildman–Crippen LogP) is 5.73. The fourth-order valence-corrected chi connectivity index (χ4v) is 5.17. The van der Waals surface area contributed by atoms with E-state index < -0.39 is 5.25 Å². The van der Waals surface area contributed by atoms with E-state index in [1.165, 1.54) is 17.1 Å². The van der Waals surface area contributed by atoms with Gasteiger partial charge in [0.25, 0.3) is 5.91 Å². The zero-order chi connectivity index (χ0) is 24.7. The van der Waals surface area contributed by atoms with Crippen molar-refractivity contribution in [3.63, 3.8) is 0 Å². The molecule has 0 saturated heterocycles. The molecule has 7 nitrogen and oxygen atoms in total. The van der Waals surface area contributed by atoms with Crippen LogP contribution in [0.5, 0.6) is 0 Å². The minimum atomic E-state index is -0.420. The summed E-state index contributed by atoms with van der Waals surface area (Å²) < 4.78 is 1.99. The number of benzene rings is 3. The zero-order valence-corrected chi connectivity index (χ0v) is 21.2. The van der Waals surface area contributed by atoms with Crippen LogP contribution in [0.4, 0.5) is 5.69 Å². The van der Waals surface area contributed by atoms with E-state index in [1.54, 1.807) is 17.6 Å². The number of hydrogen-bond donors (Lipinski definition) is 2. The van der Waals surface area contributed by atoms with Crippen LogP contribution in [0, 0.1) is 0 Å². The number of thiophene rings is 1. The Hall–Kier alpha value is -3.95. The smallest absolute Gasteiger partial charge is 0.253 e. The van der Waals surface area contributed by atoms with Crippen molar-refractivity contribution < 1.29 is 4.79 Å². The highest BCUT2D eigenvalue weighted by atomic mass is 32.2. The monoisotopic (exact) mass is 512 g/mol. The van der Waals surface area contributed by atoms with E-state index in [-0.39, 0.29) is 5.91 Å². The molecule has 0 saturated carbocycles. The van der Waals surface area contributed by atoms with E-state index in [2.05, 4.69) is 50.3 Å². The molecule has 1 atom stereocenters. The van der Waals surface area contributed by atoms with Crippen LogP contribution in [-0.4, -0.2) is 32.1 Å². The summed E-state index contributed by atoms with van der Waals surface area (Å²) >= 11 is 2.90. The van der Waals surface area contributed by atoms with Crippen LogP contribution in [0.3, 0.4) is 0 Å². The summed E-state index contributed by atoms with van der Waals surface area (Å²) in [4.78, 5) is 13.6. The second-order valence-electron chi connectivity index (χ2n) is 7.96. The van der Waals surface area contributed by atoms with Gasteiger partial charge in [-0.05, 0) is 42.0 Å². The summed E-state index contributed by atoms with van der Waals surface area (Å²) in [6.45, 7) is 2.31. The van der Waals surface area contributed by atoms with E-state index in [4.69, 9.17) is 0 Å². The molecule has 2 aromatic heterocycles. The molecule has 0 unspecified atom stereocenters. The van der Waals surface area contributed by atoms with E-state index in [0.29, 0.717) is 11.7 Å². The number of fused-ring (bicyclic) bond motifs is 1. The van der Waals surface area contributed by atoms with Gasteiger partial charge in [-0.1, -0.05) is 72.4 Å². The van der Waals surface area contributed by atoms with Gasteiger partial charge < -0.3 is 5.32 Å². The Morgan fingerprint density at radius 2 is 1.83 bits per heavy atom. The molecule has 5 rings (SSSR count). The van der Waals surface area contributed by atoms with Crippen LogP contribution in [0.2, 0.25) is 0 Å². The fraction of sp³-hybridized carbons (Fsp3) is 0.111. The first-order valence-electron chi connectivity index (χ1n) is 11.4. The van der Waals surface area contributed by atoms with E-state index in [9.17, 15) is 4.79 Å². The molecule has 0 bridgehead atoms. The summed E-state index contributed by atoms with van der Waals surface area (Å²) in [7, 11) is 0. The normalized spacial score (nSPS) is 12.1. The molecule has 0 aliphatic heterocycles. The molecule has 0 aliphatic rings. The summed E-state index contributed by atoms with van der Waals surface area (Å²) in [6.07, 6.45) is 1.64. The molecule has 0 spiro atoms. The molecule has 36 heavy (non-hydrogen) atoms. The van der Waals surface area contributed by atoms with Gasteiger partial charge in [-0.3, -0.25) is 9.36 Å². The lowest BCUT2D eigenvalue weighted by Gasteiger charge is -2.14. The van der Waals surface area contributed by atoms with Crippen LogP contribution in [0.25, 0.3) is 16.5 Å². The Morgan fingerprint density at radius 1 is 1.03 bits per heavy atom. The minimum absolute atomic E-state index is 0.203. The van der Waals surface area contributed by atoms with Crippen molar-refractivity contribution in [3.05, 3.63) is 101 Å². The first kappa shape index (κ1) is 23.8. The van der Waals surface area contributed by atoms with Crippen molar-refractivity contribution >= 4 is 51.7 Å². The first-order chi connectivity index (χ1) is 17.7. The van der Waals surface area contributed by atoms with Gasteiger partial charge in [0, 0.05) is 21.6 Å². The highest BCUT2D eigenvalue weighted by Gasteiger charge is 2.21. The predicted molar refractivity (Wildman–Crippen MR) is 148 cm³/mol. The standard InChI is InChI=1S/C27H24N6OS2/c1-19(26(34)31-29-17-22-13-8-16-35-22)36-27-32-30-25(33(27)21-11-3-2-4-12-21)18-28-24-15-7-10-20-9-5-6-14-23(20)24/h2-17,19,28H,18H2,1H3,(H,31,34)/b29-17-/t19-/m1/s1. The third-order valence-corrected chi connectivity index (χ3v) is 7.35. The largest absolute Gasteiger partial charge is 0.377 e. The van der Waals surface area contributed by atoms with Gasteiger partial charge in [-0.2, -0.15) is 5.10 Å². The van der Waals surface area contributed by atoms with Gasteiger partial charge in [-0.15, -0.1) is 21.5 Å². The molecule has 0 aliphatic carbocycles. The maximum Gasteiger partial charge on any atom is 0.253 e. The number of hydrazone groups is 1.